The quantitative estimate of drug-likeness (QED) is 0.212. The van der Waals surface area contributed by atoms with E-state index in [1.165, 1.54) is 0 Å². The summed E-state index contributed by atoms with van der Waals surface area (Å²) in [5.74, 6) is -1.56. The molecule has 0 aliphatic carbocycles. The zero-order valence-corrected chi connectivity index (χ0v) is 17.0. The van der Waals surface area contributed by atoms with Crippen molar-refractivity contribution in [2.24, 2.45) is 0 Å². The van der Waals surface area contributed by atoms with Crippen LogP contribution in [0.5, 0.6) is 0 Å². The number of likely N-dealkylation sites (tertiary alicyclic amines) is 1. The Balaban J connectivity index is 0.00000182. The average molecular weight is 416 g/mol. The molecule has 26 heavy (non-hydrogen) atoms. The summed E-state index contributed by atoms with van der Waals surface area (Å²) < 4.78 is 63.2. The van der Waals surface area contributed by atoms with Crippen LogP contribution in [-0.2, 0) is 30.2 Å². The topological polar surface area (TPSA) is 167 Å². The molecular formula is C11H13N4NaO8S2. The molecule has 2 aliphatic heterocycles. The van der Waals surface area contributed by atoms with Gasteiger partial charge in [0.2, 0.25) is 5.91 Å². The Hall–Kier alpha value is -1.29. The molecule has 2 atom stereocenters. The third-order valence-electron chi connectivity index (χ3n) is 3.95. The summed E-state index contributed by atoms with van der Waals surface area (Å²) >= 11 is 0. The minimum absolute atomic E-state index is 0. The number of fused-ring (bicyclic) bond motifs is 1. The Bertz CT molecular complexity index is 992. The maximum absolute atomic E-state index is 12.2. The van der Waals surface area contributed by atoms with E-state index in [2.05, 4.69) is 4.98 Å². The Morgan fingerprint density at radius 3 is 2.50 bits per heavy atom. The van der Waals surface area contributed by atoms with E-state index in [1.54, 1.807) is 0 Å². The van der Waals surface area contributed by atoms with Gasteiger partial charge in [-0.25, -0.2) is 13.3 Å². The smallest absolute Gasteiger partial charge is 1.00 e. The summed E-state index contributed by atoms with van der Waals surface area (Å²) in [6, 6.07) is -1.81. The molecule has 0 aromatic carbocycles. The predicted octanol–water partition coefficient (Wildman–Crippen LogP) is -4.72. The van der Waals surface area contributed by atoms with Crippen LogP contribution in [0.4, 0.5) is 0 Å². The van der Waals surface area contributed by atoms with Gasteiger partial charge in [-0.2, -0.15) is 16.8 Å². The third kappa shape index (κ3) is 3.58. The minimum atomic E-state index is -4.67. The third-order valence-corrected chi connectivity index (χ3v) is 5.70. The number of carbonyl (C=O) groups is 2. The van der Waals surface area contributed by atoms with Crippen molar-refractivity contribution in [1.82, 2.24) is 18.2 Å². The molecule has 2 amide bonds. The predicted molar refractivity (Wildman–Crippen MR) is 81.6 cm³/mol. The first-order valence-corrected chi connectivity index (χ1v) is 9.61. The summed E-state index contributed by atoms with van der Waals surface area (Å²) in [7, 11) is -9.24. The fourth-order valence-electron chi connectivity index (χ4n) is 2.92. The van der Waals surface area contributed by atoms with Gasteiger partial charge >= 0.3 is 50.2 Å². The number of β-lactam (4-membered cyclic amide) rings is 1. The second kappa shape index (κ2) is 7.03. The molecule has 2 fully saturated rings. The minimum Gasteiger partial charge on any atom is -1.00 e. The number of aromatic nitrogens is 2. The van der Waals surface area contributed by atoms with E-state index in [-0.39, 0.29) is 49.6 Å². The molecule has 0 bridgehead atoms. The van der Waals surface area contributed by atoms with Gasteiger partial charge in [-0.05, 0) is 12.5 Å². The number of rotatable bonds is 4. The van der Waals surface area contributed by atoms with Crippen molar-refractivity contribution >= 4 is 38.5 Å². The zero-order valence-electron chi connectivity index (χ0n) is 14.3. The number of hydrogen-bond donors (Lipinski definition) is 2. The van der Waals surface area contributed by atoms with E-state index in [0.717, 1.165) is 29.6 Å². The van der Waals surface area contributed by atoms with Gasteiger partial charge in [0.15, 0.2) is 0 Å². The molecular weight excluding hydrogens is 403 g/mol. The first-order chi connectivity index (χ1) is 11.5. The summed E-state index contributed by atoms with van der Waals surface area (Å²) in [6.45, 7) is 0.0911. The van der Waals surface area contributed by atoms with Crippen LogP contribution in [0.1, 0.15) is 13.5 Å². The van der Waals surface area contributed by atoms with E-state index in [9.17, 15) is 26.4 Å². The summed E-state index contributed by atoms with van der Waals surface area (Å²) in [4.78, 5) is 28.7. The molecule has 15 heteroatoms. The molecule has 3 rings (SSSR count). The Kier molecular flexibility index (Phi) is 5.68. The van der Waals surface area contributed by atoms with Crippen molar-refractivity contribution in [2.45, 2.75) is 18.5 Å². The van der Waals surface area contributed by atoms with E-state index in [0.29, 0.717) is 8.28 Å². The fraction of sp³-hybridized carbons (Fsp3) is 0.364. The molecule has 1 aromatic heterocycles. The Morgan fingerprint density at radius 1 is 1.27 bits per heavy atom. The van der Waals surface area contributed by atoms with Crippen LogP contribution in [0.3, 0.4) is 0 Å². The molecule has 0 saturated carbocycles. The van der Waals surface area contributed by atoms with Gasteiger partial charge in [-0.1, -0.05) is 0 Å². The van der Waals surface area contributed by atoms with Gasteiger partial charge < -0.3 is 6.33 Å². The maximum atomic E-state index is 12.2. The van der Waals surface area contributed by atoms with Crippen LogP contribution in [0, 0.1) is 0 Å². The normalized spacial score (nSPS) is 22.9. The number of hydrogen-bond acceptors (Lipinski definition) is 7. The zero-order chi connectivity index (χ0) is 18.6. The molecule has 138 valence electrons. The van der Waals surface area contributed by atoms with E-state index >= 15 is 0 Å². The number of imidazole rings is 1. The fourth-order valence-corrected chi connectivity index (χ4v) is 4.36. The molecule has 0 unspecified atom stereocenters. The van der Waals surface area contributed by atoms with Crippen LogP contribution in [0.15, 0.2) is 18.6 Å². The van der Waals surface area contributed by atoms with Crippen LogP contribution in [0.25, 0.3) is 6.08 Å². The molecule has 2 aliphatic rings. The second-order valence-electron chi connectivity index (χ2n) is 5.37. The van der Waals surface area contributed by atoms with Crippen molar-refractivity contribution in [3.05, 3.63) is 24.3 Å². The largest absolute Gasteiger partial charge is 1.00 e. The van der Waals surface area contributed by atoms with Gasteiger partial charge in [0.05, 0.1) is 17.9 Å². The number of amides is 2. The van der Waals surface area contributed by atoms with Gasteiger partial charge in [0.25, 0.3) is 5.91 Å². The van der Waals surface area contributed by atoms with Crippen molar-refractivity contribution in [1.29, 1.82) is 0 Å². The van der Waals surface area contributed by atoms with E-state index < -0.39 is 44.5 Å². The molecule has 2 saturated heterocycles. The second-order valence-corrected chi connectivity index (χ2v) is 7.95. The molecule has 3 heterocycles. The molecule has 12 nitrogen and oxygen atoms in total. The first-order valence-electron chi connectivity index (χ1n) is 6.81. The van der Waals surface area contributed by atoms with Gasteiger partial charge in [-0.15, -0.1) is 0 Å². The van der Waals surface area contributed by atoms with Crippen LogP contribution < -0.4 is 29.6 Å². The molecule has 1 aromatic rings. The van der Waals surface area contributed by atoms with Crippen LogP contribution in [0.2, 0.25) is 0 Å². The monoisotopic (exact) mass is 416 g/mol. The van der Waals surface area contributed by atoms with Gasteiger partial charge in [0, 0.05) is 12.6 Å². The van der Waals surface area contributed by atoms with E-state index in [4.69, 9.17) is 9.11 Å². The number of nitrogens with zero attached hydrogens (tertiary/aromatic N) is 4. The van der Waals surface area contributed by atoms with Crippen LogP contribution in [-0.4, -0.2) is 74.5 Å². The summed E-state index contributed by atoms with van der Waals surface area (Å²) in [6.07, 6.45) is 4.17. The Labute approximate surface area is 172 Å². The van der Waals surface area contributed by atoms with Crippen molar-refractivity contribution in [3.8, 4) is 0 Å². The average Bonchev–Trinajstić information content (AvgIpc) is 3.06. The van der Waals surface area contributed by atoms with Crippen LogP contribution >= 0.6 is 0 Å². The number of carbonyl (C=O) groups excluding carboxylic acids is 2. The molecule has 0 radical (unpaired) electrons. The van der Waals surface area contributed by atoms with Gasteiger partial charge in [0.1, 0.15) is 12.4 Å². The first kappa shape index (κ1) is 21.0. The summed E-state index contributed by atoms with van der Waals surface area (Å²) in [5.41, 5.74) is -0.0916. The SMILES string of the molecule is O=C(/C=C/c1cncn1S(=O)(=O)O)N1CC[C@@H]2[C@H]1C(=O)N2S(=O)(=O)O.[H-].[Na+]. The standard InChI is InChI=1S/C11H12N4O8S2.Na.H/c16-9(2-1-7-5-12-6-14(7)24(18,19)20)13-4-3-8-10(13)11(17)15(8)25(21,22)23;;/h1-2,5-6,8,10H,3-4H2,(H,18,19,20)(H,21,22,23);;/q;+1;-1/b2-1+;;/t8-,10+;;/m1../s1. The molecule has 0 spiro atoms. The van der Waals surface area contributed by atoms with Gasteiger partial charge in [-0.3, -0.25) is 18.7 Å². The van der Waals surface area contributed by atoms with E-state index in [1.807, 2.05) is 0 Å². The maximum Gasteiger partial charge on any atom is 1.00 e. The summed E-state index contributed by atoms with van der Waals surface area (Å²) in [5, 5.41) is 0. The van der Waals surface area contributed by atoms with Crippen molar-refractivity contribution in [2.75, 3.05) is 6.54 Å². The Morgan fingerprint density at radius 2 is 1.92 bits per heavy atom. The molecule has 2 N–H and O–H groups in total. The van der Waals surface area contributed by atoms with Crippen molar-refractivity contribution in [3.63, 3.8) is 0 Å². The van der Waals surface area contributed by atoms with Crippen molar-refractivity contribution < 1.29 is 66.5 Å².